The van der Waals surface area contributed by atoms with E-state index in [4.69, 9.17) is 11.6 Å². The topological polar surface area (TPSA) is 17.3 Å². The Morgan fingerprint density at radius 2 is 2.00 bits per heavy atom. The highest BCUT2D eigenvalue weighted by Crippen LogP contribution is 2.32. The summed E-state index contributed by atoms with van der Waals surface area (Å²) in [5, 5.41) is 0. The van der Waals surface area contributed by atoms with Crippen LogP contribution >= 0.6 is 22.9 Å². The number of alkyl halides is 1. The standard InChI is InChI=1S/C15H15ClN2S/c1-9-4-5-12(6-10(9)2)14-11(3)19-15-17-13(7-16)8-18(14)15/h4-6,8H,7H2,1-3H3. The molecule has 2 heterocycles. The van der Waals surface area contributed by atoms with Crippen LogP contribution in [-0.2, 0) is 5.88 Å². The van der Waals surface area contributed by atoms with Gasteiger partial charge in [0.1, 0.15) is 0 Å². The molecule has 0 saturated heterocycles. The van der Waals surface area contributed by atoms with Gasteiger partial charge in [-0.3, -0.25) is 4.40 Å². The van der Waals surface area contributed by atoms with Gasteiger partial charge >= 0.3 is 0 Å². The second-order valence-electron chi connectivity index (χ2n) is 4.82. The largest absolute Gasteiger partial charge is 0.290 e. The van der Waals surface area contributed by atoms with Crippen molar-refractivity contribution in [3.63, 3.8) is 0 Å². The second-order valence-corrected chi connectivity index (χ2v) is 6.27. The van der Waals surface area contributed by atoms with E-state index in [0.29, 0.717) is 5.88 Å². The number of rotatable bonds is 2. The maximum absolute atomic E-state index is 5.87. The van der Waals surface area contributed by atoms with Crippen LogP contribution in [-0.4, -0.2) is 9.38 Å². The van der Waals surface area contributed by atoms with Crippen molar-refractivity contribution in [2.24, 2.45) is 0 Å². The highest BCUT2D eigenvalue weighted by Gasteiger charge is 2.13. The highest BCUT2D eigenvalue weighted by molar-refractivity contribution is 7.17. The van der Waals surface area contributed by atoms with Crippen LogP contribution in [0.1, 0.15) is 21.7 Å². The summed E-state index contributed by atoms with van der Waals surface area (Å²) in [7, 11) is 0. The van der Waals surface area contributed by atoms with Gasteiger partial charge in [-0.2, -0.15) is 0 Å². The molecule has 0 saturated carbocycles. The van der Waals surface area contributed by atoms with Crippen molar-refractivity contribution in [1.29, 1.82) is 0 Å². The molecule has 1 aromatic carbocycles. The van der Waals surface area contributed by atoms with E-state index in [1.807, 2.05) is 6.20 Å². The lowest BCUT2D eigenvalue weighted by Gasteiger charge is -2.06. The molecule has 0 fully saturated rings. The molecule has 0 bridgehead atoms. The Hall–Kier alpha value is -1.32. The molecule has 19 heavy (non-hydrogen) atoms. The molecule has 98 valence electrons. The van der Waals surface area contributed by atoms with Crippen molar-refractivity contribution in [2.45, 2.75) is 26.7 Å². The van der Waals surface area contributed by atoms with E-state index in [2.05, 4.69) is 48.4 Å². The zero-order valence-corrected chi connectivity index (χ0v) is 12.8. The van der Waals surface area contributed by atoms with Gasteiger partial charge in [-0.15, -0.1) is 22.9 Å². The normalized spacial score (nSPS) is 11.4. The lowest BCUT2D eigenvalue weighted by Crippen LogP contribution is -1.89. The van der Waals surface area contributed by atoms with Gasteiger partial charge < -0.3 is 0 Å². The molecule has 0 N–H and O–H groups in total. The Kier molecular flexibility index (Phi) is 3.11. The summed E-state index contributed by atoms with van der Waals surface area (Å²) in [6.07, 6.45) is 2.04. The van der Waals surface area contributed by atoms with Crippen molar-refractivity contribution in [3.8, 4) is 11.3 Å². The quantitative estimate of drug-likeness (QED) is 0.624. The Bertz CT molecular complexity index is 755. The average molecular weight is 291 g/mol. The van der Waals surface area contributed by atoms with Gasteiger partial charge in [0.2, 0.25) is 0 Å². The third-order valence-electron chi connectivity index (χ3n) is 3.46. The van der Waals surface area contributed by atoms with Crippen molar-refractivity contribution >= 4 is 27.9 Å². The molecular weight excluding hydrogens is 276 g/mol. The first-order valence-electron chi connectivity index (χ1n) is 6.21. The molecule has 3 rings (SSSR count). The summed E-state index contributed by atoms with van der Waals surface area (Å²) in [6, 6.07) is 6.59. The Balaban J connectivity index is 2.25. The number of hydrogen-bond donors (Lipinski definition) is 0. The van der Waals surface area contributed by atoms with E-state index in [0.717, 1.165) is 10.7 Å². The Morgan fingerprint density at radius 3 is 2.68 bits per heavy atom. The summed E-state index contributed by atoms with van der Waals surface area (Å²) >= 11 is 7.58. The fraction of sp³-hybridized carbons (Fsp3) is 0.267. The van der Waals surface area contributed by atoms with Gasteiger partial charge in [0.05, 0.1) is 17.3 Å². The maximum atomic E-state index is 5.87. The summed E-state index contributed by atoms with van der Waals surface area (Å²) in [5.41, 5.74) is 6.03. The number of hydrogen-bond acceptors (Lipinski definition) is 2. The number of aryl methyl sites for hydroxylation is 3. The monoisotopic (exact) mass is 290 g/mol. The first-order valence-corrected chi connectivity index (χ1v) is 7.56. The molecule has 0 unspecified atom stereocenters. The second kappa shape index (κ2) is 4.66. The number of halogens is 1. The molecular formula is C15H15ClN2S. The van der Waals surface area contributed by atoms with E-state index < -0.39 is 0 Å². The van der Waals surface area contributed by atoms with E-state index in [-0.39, 0.29) is 0 Å². The molecule has 0 aliphatic rings. The van der Waals surface area contributed by atoms with Crippen LogP contribution in [0.5, 0.6) is 0 Å². The Morgan fingerprint density at radius 1 is 1.21 bits per heavy atom. The molecule has 0 spiro atoms. The summed E-state index contributed by atoms with van der Waals surface area (Å²) in [6.45, 7) is 6.43. The van der Waals surface area contributed by atoms with Gasteiger partial charge in [0.15, 0.2) is 4.96 Å². The van der Waals surface area contributed by atoms with Gasteiger partial charge in [0.25, 0.3) is 0 Å². The van der Waals surface area contributed by atoms with Crippen LogP contribution in [0, 0.1) is 20.8 Å². The smallest absolute Gasteiger partial charge is 0.194 e. The van der Waals surface area contributed by atoms with Crippen LogP contribution in [0.4, 0.5) is 0 Å². The highest BCUT2D eigenvalue weighted by atomic mass is 35.5. The lowest BCUT2D eigenvalue weighted by molar-refractivity contribution is 1.20. The number of aromatic nitrogens is 2. The SMILES string of the molecule is Cc1ccc(-c2c(C)sc3nc(CCl)cn23)cc1C. The minimum absolute atomic E-state index is 0.458. The van der Waals surface area contributed by atoms with E-state index in [1.54, 1.807) is 11.3 Å². The van der Waals surface area contributed by atoms with Crippen molar-refractivity contribution in [1.82, 2.24) is 9.38 Å². The van der Waals surface area contributed by atoms with Gasteiger partial charge in [-0.25, -0.2) is 4.98 Å². The minimum atomic E-state index is 0.458. The van der Waals surface area contributed by atoms with Gasteiger partial charge in [-0.1, -0.05) is 12.1 Å². The van der Waals surface area contributed by atoms with E-state index in [1.165, 1.54) is 27.3 Å². The third-order valence-corrected chi connectivity index (χ3v) is 4.70. The van der Waals surface area contributed by atoms with Crippen molar-refractivity contribution in [3.05, 3.63) is 46.1 Å². The fourth-order valence-electron chi connectivity index (χ4n) is 2.29. The number of thiazole rings is 1. The molecule has 0 atom stereocenters. The molecule has 2 nitrogen and oxygen atoms in total. The molecule has 0 radical (unpaired) electrons. The average Bonchev–Trinajstić information content (AvgIpc) is 2.89. The molecule has 3 aromatic rings. The van der Waals surface area contributed by atoms with Crippen LogP contribution in [0.15, 0.2) is 24.4 Å². The first kappa shape index (κ1) is 12.7. The summed E-state index contributed by atoms with van der Waals surface area (Å²) in [4.78, 5) is 6.83. The van der Waals surface area contributed by atoms with E-state index >= 15 is 0 Å². The van der Waals surface area contributed by atoms with Crippen LogP contribution in [0.25, 0.3) is 16.2 Å². The third kappa shape index (κ3) is 2.07. The minimum Gasteiger partial charge on any atom is -0.290 e. The predicted octanol–water partition coefficient (Wildman–Crippen LogP) is 4.73. The van der Waals surface area contributed by atoms with Crippen LogP contribution in [0.2, 0.25) is 0 Å². The molecule has 4 heteroatoms. The molecule has 0 amide bonds. The van der Waals surface area contributed by atoms with Crippen molar-refractivity contribution in [2.75, 3.05) is 0 Å². The number of nitrogens with zero attached hydrogens (tertiary/aromatic N) is 2. The van der Waals surface area contributed by atoms with Crippen LogP contribution < -0.4 is 0 Å². The summed E-state index contributed by atoms with van der Waals surface area (Å²) < 4.78 is 2.15. The van der Waals surface area contributed by atoms with Gasteiger partial charge in [0, 0.05) is 11.1 Å². The maximum Gasteiger partial charge on any atom is 0.194 e. The molecule has 0 aliphatic heterocycles. The van der Waals surface area contributed by atoms with E-state index in [9.17, 15) is 0 Å². The van der Waals surface area contributed by atoms with Crippen molar-refractivity contribution < 1.29 is 0 Å². The molecule has 0 aliphatic carbocycles. The summed E-state index contributed by atoms with van der Waals surface area (Å²) in [5.74, 6) is 0.458. The zero-order valence-electron chi connectivity index (χ0n) is 11.2. The molecule has 2 aromatic heterocycles. The Labute approximate surface area is 121 Å². The first-order chi connectivity index (χ1) is 9.10. The number of fused-ring (bicyclic) bond motifs is 1. The zero-order chi connectivity index (χ0) is 13.6. The van der Waals surface area contributed by atoms with Crippen LogP contribution in [0.3, 0.4) is 0 Å². The van der Waals surface area contributed by atoms with Gasteiger partial charge in [-0.05, 0) is 43.5 Å². The fourth-order valence-corrected chi connectivity index (χ4v) is 3.41. The number of benzene rings is 1. The predicted molar refractivity (Wildman–Crippen MR) is 82.3 cm³/mol. The lowest BCUT2D eigenvalue weighted by atomic mass is 10.0. The number of imidazole rings is 1.